The number of rotatable bonds is 19. The highest BCUT2D eigenvalue weighted by molar-refractivity contribution is 5.85. The summed E-state index contributed by atoms with van der Waals surface area (Å²) in [5, 5.41) is 34.2. The van der Waals surface area contributed by atoms with Gasteiger partial charge in [-0.3, -0.25) is 4.79 Å². The molecule has 0 aliphatic carbocycles. The lowest BCUT2D eigenvalue weighted by Gasteiger charge is -2.35. The monoisotopic (exact) mass is 855 g/mol. The van der Waals surface area contributed by atoms with Gasteiger partial charge in [0, 0.05) is 18.5 Å². The summed E-state index contributed by atoms with van der Waals surface area (Å²) in [5.74, 6) is -1.16. The van der Waals surface area contributed by atoms with Crippen molar-refractivity contribution in [1.29, 1.82) is 0 Å². The molecule has 6 rings (SSSR count). The van der Waals surface area contributed by atoms with Crippen LogP contribution in [0, 0.1) is 26.1 Å². The SMILES string of the molecule is CC(C)[C@@H](C(=O)OC(C)(C)C)N(Cc1ccc(-c2ccccc2-c2nnn(C(c3ccccc3)(c3ccccc3)c3ccccc3)n2)cc1)C(=O)CCC(CO[N+](=O)[O-])O[N+](=O)[O-]. The highest BCUT2D eigenvalue weighted by Crippen LogP contribution is 2.40. The molecule has 16 nitrogen and oxygen atoms in total. The summed E-state index contributed by atoms with van der Waals surface area (Å²) >= 11 is 0. The van der Waals surface area contributed by atoms with E-state index in [2.05, 4.69) is 51.2 Å². The molecule has 0 fully saturated rings. The number of benzene rings is 5. The average Bonchev–Trinajstić information content (AvgIpc) is 3.75. The van der Waals surface area contributed by atoms with Crippen LogP contribution >= 0.6 is 0 Å². The fourth-order valence-electron chi connectivity index (χ4n) is 7.59. The Morgan fingerprint density at radius 2 is 1.25 bits per heavy atom. The van der Waals surface area contributed by atoms with E-state index in [0.717, 1.165) is 33.4 Å². The van der Waals surface area contributed by atoms with E-state index in [-0.39, 0.29) is 19.4 Å². The number of carbonyl (C=O) groups excluding carboxylic acids is 2. The summed E-state index contributed by atoms with van der Waals surface area (Å²) in [6.45, 7) is 7.96. The summed E-state index contributed by atoms with van der Waals surface area (Å²) < 4.78 is 5.74. The first-order chi connectivity index (χ1) is 30.2. The van der Waals surface area contributed by atoms with E-state index in [0.29, 0.717) is 11.4 Å². The van der Waals surface area contributed by atoms with Crippen molar-refractivity contribution in [3.05, 3.63) is 182 Å². The van der Waals surface area contributed by atoms with Crippen molar-refractivity contribution in [3.8, 4) is 22.5 Å². The number of nitrogens with zero attached hydrogens (tertiary/aromatic N) is 7. The van der Waals surface area contributed by atoms with Gasteiger partial charge in [0.1, 0.15) is 24.4 Å². The van der Waals surface area contributed by atoms with Gasteiger partial charge in [0.2, 0.25) is 11.7 Å². The molecule has 1 unspecified atom stereocenters. The van der Waals surface area contributed by atoms with Crippen LogP contribution in [0.5, 0.6) is 0 Å². The number of aromatic nitrogens is 4. The molecule has 0 aliphatic heterocycles. The number of amides is 1. The van der Waals surface area contributed by atoms with Gasteiger partial charge in [-0.2, -0.15) is 0 Å². The summed E-state index contributed by atoms with van der Waals surface area (Å²) in [6.07, 6.45) is -2.04. The molecule has 63 heavy (non-hydrogen) atoms. The normalized spacial score (nSPS) is 12.5. The van der Waals surface area contributed by atoms with Gasteiger partial charge in [-0.05, 0) is 71.7 Å². The second-order valence-corrected chi connectivity index (χ2v) is 16.2. The topological polar surface area (TPSA) is 195 Å². The molecule has 0 bridgehead atoms. The van der Waals surface area contributed by atoms with Gasteiger partial charge in [-0.1, -0.05) is 153 Å². The van der Waals surface area contributed by atoms with Crippen molar-refractivity contribution < 1.29 is 34.2 Å². The molecular weight excluding hydrogens is 807 g/mol. The Morgan fingerprint density at radius 3 is 1.75 bits per heavy atom. The largest absolute Gasteiger partial charge is 0.458 e. The zero-order valence-corrected chi connectivity index (χ0v) is 35.6. The summed E-state index contributed by atoms with van der Waals surface area (Å²) in [5.41, 5.74) is 4.07. The van der Waals surface area contributed by atoms with E-state index in [1.54, 1.807) is 39.4 Å². The minimum Gasteiger partial charge on any atom is -0.458 e. The number of carbonyl (C=O) groups is 2. The van der Waals surface area contributed by atoms with E-state index < -0.39 is 57.9 Å². The van der Waals surface area contributed by atoms with Gasteiger partial charge >= 0.3 is 5.97 Å². The minimum atomic E-state index is -1.41. The van der Waals surface area contributed by atoms with Crippen LogP contribution < -0.4 is 0 Å². The molecule has 0 N–H and O–H groups in total. The molecule has 1 aromatic heterocycles. The van der Waals surface area contributed by atoms with E-state index in [4.69, 9.17) is 15.0 Å². The van der Waals surface area contributed by atoms with Crippen molar-refractivity contribution in [2.75, 3.05) is 6.61 Å². The Balaban J connectivity index is 1.34. The van der Waals surface area contributed by atoms with Gasteiger partial charge < -0.3 is 19.3 Å². The van der Waals surface area contributed by atoms with Crippen molar-refractivity contribution in [1.82, 2.24) is 25.1 Å². The van der Waals surface area contributed by atoms with Crippen LogP contribution in [0.1, 0.15) is 69.7 Å². The Bertz CT molecular complexity index is 2380. The number of hydrogen-bond donors (Lipinski definition) is 0. The van der Waals surface area contributed by atoms with Gasteiger partial charge in [0.05, 0.1) is 0 Å². The summed E-state index contributed by atoms with van der Waals surface area (Å²) in [4.78, 5) is 61.5. The number of esters is 1. The lowest BCUT2D eigenvalue weighted by atomic mass is 9.77. The first-order valence-electron chi connectivity index (χ1n) is 20.4. The van der Waals surface area contributed by atoms with Crippen LogP contribution in [-0.4, -0.2) is 71.5 Å². The third kappa shape index (κ3) is 10.9. The van der Waals surface area contributed by atoms with Crippen LogP contribution in [0.15, 0.2) is 140 Å². The van der Waals surface area contributed by atoms with Gasteiger partial charge in [-0.25, -0.2) is 4.79 Å². The molecule has 0 spiro atoms. The van der Waals surface area contributed by atoms with Crippen LogP contribution in [-0.2, 0) is 36.1 Å². The van der Waals surface area contributed by atoms with Crippen molar-refractivity contribution in [2.24, 2.45) is 5.92 Å². The molecule has 0 radical (unpaired) electrons. The molecule has 1 amide bonds. The van der Waals surface area contributed by atoms with Crippen LogP contribution in [0.4, 0.5) is 0 Å². The first-order valence-corrected chi connectivity index (χ1v) is 20.4. The van der Waals surface area contributed by atoms with E-state index in [1.807, 2.05) is 103 Å². The molecule has 16 heteroatoms. The highest BCUT2D eigenvalue weighted by atomic mass is 17.0. The van der Waals surface area contributed by atoms with E-state index in [9.17, 15) is 29.8 Å². The van der Waals surface area contributed by atoms with Gasteiger partial charge in [0.25, 0.3) is 10.2 Å². The molecule has 0 aliphatic rings. The molecule has 6 aromatic rings. The predicted molar refractivity (Wildman–Crippen MR) is 232 cm³/mol. The smallest absolute Gasteiger partial charge is 0.329 e. The Labute approximate surface area is 364 Å². The predicted octanol–water partition coefficient (Wildman–Crippen LogP) is 8.11. The molecule has 326 valence electrons. The zero-order valence-electron chi connectivity index (χ0n) is 35.6. The minimum absolute atomic E-state index is 0.0224. The Hall–Kier alpha value is -7.49. The molecule has 2 atom stereocenters. The maximum absolute atomic E-state index is 14.0. The first kappa shape index (κ1) is 45.0. The number of ether oxygens (including phenoxy) is 1. The lowest BCUT2D eigenvalue weighted by molar-refractivity contribution is -0.790. The Kier molecular flexibility index (Phi) is 14.2. The molecule has 0 saturated heterocycles. The number of tetrazole rings is 1. The van der Waals surface area contributed by atoms with E-state index in [1.165, 1.54) is 4.90 Å². The number of hydrogen-bond acceptors (Lipinski definition) is 12. The molecular formula is C47H49N7O9. The molecule has 5 aromatic carbocycles. The third-order valence-electron chi connectivity index (χ3n) is 10.3. The van der Waals surface area contributed by atoms with Gasteiger partial charge in [-0.15, -0.1) is 35.2 Å². The molecule has 0 saturated carbocycles. The fraction of sp³-hybridized carbons (Fsp3) is 0.298. The third-order valence-corrected chi connectivity index (χ3v) is 10.3. The van der Waals surface area contributed by atoms with Gasteiger partial charge in [0.15, 0.2) is 5.54 Å². The second kappa shape index (κ2) is 19.9. The van der Waals surface area contributed by atoms with E-state index >= 15 is 0 Å². The van der Waals surface area contributed by atoms with Crippen LogP contribution in [0.25, 0.3) is 22.5 Å². The van der Waals surface area contributed by atoms with Crippen LogP contribution in [0.2, 0.25) is 0 Å². The van der Waals surface area contributed by atoms with Crippen molar-refractivity contribution in [2.45, 2.75) is 77.3 Å². The highest BCUT2D eigenvalue weighted by Gasteiger charge is 2.41. The quantitative estimate of drug-likeness (QED) is 0.0329. The van der Waals surface area contributed by atoms with Crippen molar-refractivity contribution >= 4 is 11.9 Å². The average molecular weight is 856 g/mol. The van der Waals surface area contributed by atoms with Crippen molar-refractivity contribution in [3.63, 3.8) is 0 Å². The fourth-order valence-corrected chi connectivity index (χ4v) is 7.59. The lowest BCUT2D eigenvalue weighted by Crippen LogP contribution is -2.50. The Morgan fingerprint density at radius 1 is 0.730 bits per heavy atom. The maximum Gasteiger partial charge on any atom is 0.329 e. The zero-order chi connectivity index (χ0) is 45.1. The maximum atomic E-state index is 14.0. The summed E-state index contributed by atoms with van der Waals surface area (Å²) in [7, 11) is 0. The standard InChI is InChI=1S/C47H49N7O9/c1-33(2)43(45(56)62-46(3,4)5)51(42(55)30-29-39(63-54(59)60)32-61-53(57)58)31-34-25-27-35(28-26-34)40-23-15-16-24-41(40)44-48-50-52(49-44)47(36-17-9-6-10-18-36,37-19-11-7-12-20-37)38-21-13-8-14-22-38/h6-28,33,39,43H,29-32H2,1-5H3/t39?,43-/m0/s1. The molecule has 1 heterocycles. The summed E-state index contributed by atoms with van der Waals surface area (Å²) in [6, 6.07) is 44.4. The van der Waals surface area contributed by atoms with Crippen LogP contribution in [0.3, 0.4) is 0 Å². The second-order valence-electron chi connectivity index (χ2n) is 16.2.